The summed E-state index contributed by atoms with van der Waals surface area (Å²) in [7, 11) is 1.67. The number of methoxy groups -OCH3 is 1. The second-order valence-electron chi connectivity index (χ2n) is 4.88. The van der Waals surface area contributed by atoms with Gasteiger partial charge in [0.1, 0.15) is 18.1 Å². The Kier molecular flexibility index (Phi) is 2.61. The molecule has 2 unspecified atom stereocenters. The van der Waals surface area contributed by atoms with Crippen LogP contribution in [0.15, 0.2) is 16.5 Å². The second-order valence-corrected chi connectivity index (χ2v) is 4.88. The van der Waals surface area contributed by atoms with Crippen LogP contribution in [-0.2, 0) is 11.3 Å². The molecule has 0 aromatic carbocycles. The summed E-state index contributed by atoms with van der Waals surface area (Å²) in [5.41, 5.74) is 6.02. The molecule has 0 bridgehead atoms. The molecule has 0 spiro atoms. The third kappa shape index (κ3) is 1.70. The normalized spacial score (nSPS) is 28.0. The van der Waals surface area contributed by atoms with Crippen molar-refractivity contribution in [1.82, 2.24) is 0 Å². The maximum absolute atomic E-state index is 5.74. The fraction of sp³-hybridized carbons (Fsp3) is 0.667. The molecule has 84 valence electrons. The summed E-state index contributed by atoms with van der Waals surface area (Å²) in [5, 5.41) is 0. The Labute approximate surface area is 90.6 Å². The molecule has 0 aliphatic heterocycles. The van der Waals surface area contributed by atoms with E-state index in [0.29, 0.717) is 18.4 Å². The summed E-state index contributed by atoms with van der Waals surface area (Å²) in [5.74, 6) is 2.99. The summed E-state index contributed by atoms with van der Waals surface area (Å²) in [6.45, 7) is 5.76. The Balaban J connectivity index is 2.11. The van der Waals surface area contributed by atoms with Gasteiger partial charge in [-0.15, -0.1) is 0 Å². The predicted molar refractivity (Wildman–Crippen MR) is 58.5 cm³/mol. The van der Waals surface area contributed by atoms with Crippen molar-refractivity contribution in [2.45, 2.75) is 26.4 Å². The Bertz CT molecular complexity index is 343. The van der Waals surface area contributed by atoms with Crippen LogP contribution in [-0.4, -0.2) is 13.7 Å². The van der Waals surface area contributed by atoms with Crippen molar-refractivity contribution in [3.63, 3.8) is 0 Å². The minimum absolute atomic E-state index is 0.289. The topological polar surface area (TPSA) is 48.4 Å². The summed E-state index contributed by atoms with van der Waals surface area (Å²) < 4.78 is 10.8. The van der Waals surface area contributed by atoms with Gasteiger partial charge in [-0.3, -0.25) is 0 Å². The maximum Gasteiger partial charge on any atom is 0.129 e. The van der Waals surface area contributed by atoms with Gasteiger partial charge >= 0.3 is 0 Å². The molecule has 1 aliphatic carbocycles. The average Bonchev–Trinajstić information content (AvgIpc) is 2.57. The zero-order valence-electron chi connectivity index (χ0n) is 9.62. The predicted octanol–water partition coefficient (Wildman–Crippen LogP) is 2.12. The first-order valence-electron chi connectivity index (χ1n) is 5.39. The molecule has 0 amide bonds. The quantitative estimate of drug-likeness (QED) is 0.826. The number of nitrogens with two attached hydrogens (primary N) is 1. The van der Waals surface area contributed by atoms with Gasteiger partial charge in [-0.05, 0) is 30.0 Å². The smallest absolute Gasteiger partial charge is 0.129 e. The Morgan fingerprint density at radius 2 is 2.20 bits per heavy atom. The first-order valence-corrected chi connectivity index (χ1v) is 5.39. The van der Waals surface area contributed by atoms with Crippen LogP contribution in [0.1, 0.15) is 31.3 Å². The zero-order chi connectivity index (χ0) is 11.1. The van der Waals surface area contributed by atoms with E-state index >= 15 is 0 Å². The standard InChI is InChI=1S/C12H19NO2/c1-12(2)9(6-13)11(12)10-5-4-8(15-10)7-14-3/h4-5,9,11H,6-7,13H2,1-3H3. The van der Waals surface area contributed by atoms with Crippen LogP contribution >= 0.6 is 0 Å². The summed E-state index contributed by atoms with van der Waals surface area (Å²) >= 11 is 0. The molecule has 15 heavy (non-hydrogen) atoms. The van der Waals surface area contributed by atoms with Crippen LogP contribution in [0.4, 0.5) is 0 Å². The summed E-state index contributed by atoms with van der Waals surface area (Å²) in [4.78, 5) is 0. The van der Waals surface area contributed by atoms with Gasteiger partial charge in [0.05, 0.1) is 0 Å². The van der Waals surface area contributed by atoms with E-state index in [1.807, 2.05) is 6.07 Å². The molecule has 3 nitrogen and oxygen atoms in total. The largest absolute Gasteiger partial charge is 0.463 e. The van der Waals surface area contributed by atoms with Crippen LogP contribution in [0.5, 0.6) is 0 Å². The lowest BCUT2D eigenvalue weighted by atomic mass is 10.1. The van der Waals surface area contributed by atoms with Gasteiger partial charge < -0.3 is 14.9 Å². The monoisotopic (exact) mass is 209 g/mol. The highest BCUT2D eigenvalue weighted by atomic mass is 16.5. The molecule has 1 heterocycles. The minimum atomic E-state index is 0.289. The molecule has 1 saturated carbocycles. The molecule has 1 fully saturated rings. The Hall–Kier alpha value is -0.800. The van der Waals surface area contributed by atoms with Crippen molar-refractivity contribution in [2.24, 2.45) is 17.1 Å². The van der Waals surface area contributed by atoms with E-state index in [-0.39, 0.29) is 5.41 Å². The van der Waals surface area contributed by atoms with E-state index in [9.17, 15) is 0 Å². The highest BCUT2D eigenvalue weighted by molar-refractivity contribution is 5.25. The molecular weight excluding hydrogens is 190 g/mol. The fourth-order valence-corrected chi connectivity index (χ4v) is 2.53. The van der Waals surface area contributed by atoms with Crippen molar-refractivity contribution >= 4 is 0 Å². The second kappa shape index (κ2) is 3.65. The fourth-order valence-electron chi connectivity index (χ4n) is 2.53. The van der Waals surface area contributed by atoms with Gasteiger partial charge in [-0.25, -0.2) is 0 Å². The molecule has 1 aliphatic rings. The summed E-state index contributed by atoms with van der Waals surface area (Å²) in [6.07, 6.45) is 0. The molecular formula is C12H19NO2. The Morgan fingerprint density at radius 1 is 1.47 bits per heavy atom. The van der Waals surface area contributed by atoms with Crippen molar-refractivity contribution in [1.29, 1.82) is 0 Å². The van der Waals surface area contributed by atoms with E-state index in [1.165, 1.54) is 0 Å². The lowest BCUT2D eigenvalue weighted by molar-refractivity contribution is 0.162. The zero-order valence-corrected chi connectivity index (χ0v) is 9.62. The third-order valence-electron chi connectivity index (χ3n) is 3.58. The molecule has 0 saturated heterocycles. The Morgan fingerprint density at radius 3 is 2.73 bits per heavy atom. The van der Waals surface area contributed by atoms with Gasteiger partial charge in [0.2, 0.25) is 0 Å². The van der Waals surface area contributed by atoms with Crippen LogP contribution in [0.25, 0.3) is 0 Å². The first kappa shape index (κ1) is 10.7. The van der Waals surface area contributed by atoms with Gasteiger partial charge in [0.15, 0.2) is 0 Å². The lowest BCUT2D eigenvalue weighted by Gasteiger charge is -1.99. The van der Waals surface area contributed by atoms with E-state index in [4.69, 9.17) is 14.9 Å². The number of hydrogen-bond acceptors (Lipinski definition) is 3. The molecule has 1 aromatic heterocycles. The van der Waals surface area contributed by atoms with E-state index in [2.05, 4.69) is 19.9 Å². The molecule has 2 N–H and O–H groups in total. The average molecular weight is 209 g/mol. The minimum Gasteiger partial charge on any atom is -0.463 e. The summed E-state index contributed by atoms with van der Waals surface area (Å²) in [6, 6.07) is 4.04. The van der Waals surface area contributed by atoms with Gasteiger partial charge in [0.25, 0.3) is 0 Å². The maximum atomic E-state index is 5.74. The molecule has 3 heteroatoms. The van der Waals surface area contributed by atoms with Gasteiger partial charge in [0, 0.05) is 13.0 Å². The first-order chi connectivity index (χ1) is 7.11. The highest BCUT2D eigenvalue weighted by Gasteiger charge is 2.58. The van der Waals surface area contributed by atoms with Crippen LogP contribution in [0.2, 0.25) is 0 Å². The van der Waals surface area contributed by atoms with Crippen molar-refractivity contribution in [2.75, 3.05) is 13.7 Å². The molecule has 1 aromatic rings. The molecule has 2 rings (SSSR count). The number of ether oxygens (including phenoxy) is 1. The van der Waals surface area contributed by atoms with Crippen LogP contribution in [0.3, 0.4) is 0 Å². The number of rotatable bonds is 4. The number of furan rings is 1. The lowest BCUT2D eigenvalue weighted by Crippen LogP contribution is -2.05. The van der Waals surface area contributed by atoms with Crippen molar-refractivity contribution in [3.05, 3.63) is 23.7 Å². The van der Waals surface area contributed by atoms with Crippen LogP contribution in [0, 0.1) is 11.3 Å². The van der Waals surface area contributed by atoms with Crippen molar-refractivity contribution < 1.29 is 9.15 Å². The van der Waals surface area contributed by atoms with Gasteiger partial charge in [-0.1, -0.05) is 13.8 Å². The number of hydrogen-bond donors (Lipinski definition) is 1. The SMILES string of the molecule is COCc1ccc(C2C(CN)C2(C)C)o1. The van der Waals surface area contributed by atoms with E-state index in [1.54, 1.807) is 7.11 Å². The van der Waals surface area contributed by atoms with E-state index in [0.717, 1.165) is 18.1 Å². The van der Waals surface area contributed by atoms with Crippen LogP contribution < -0.4 is 5.73 Å². The van der Waals surface area contributed by atoms with Crippen molar-refractivity contribution in [3.8, 4) is 0 Å². The highest BCUT2D eigenvalue weighted by Crippen LogP contribution is 2.63. The molecule has 0 radical (unpaired) electrons. The van der Waals surface area contributed by atoms with Gasteiger partial charge in [-0.2, -0.15) is 0 Å². The molecule has 2 atom stereocenters. The third-order valence-corrected chi connectivity index (χ3v) is 3.58. The van der Waals surface area contributed by atoms with E-state index < -0.39 is 0 Å².